The van der Waals surface area contributed by atoms with Crippen molar-refractivity contribution in [2.75, 3.05) is 38.0 Å². The quantitative estimate of drug-likeness (QED) is 0.452. The summed E-state index contributed by atoms with van der Waals surface area (Å²) in [5.41, 5.74) is 0.738. The van der Waals surface area contributed by atoms with Gasteiger partial charge in [-0.25, -0.2) is 8.70 Å². The van der Waals surface area contributed by atoms with E-state index in [0.717, 1.165) is 26.7 Å². The molecule has 0 aliphatic heterocycles. The molecule has 8 nitrogen and oxygen atoms in total. The number of nitrogens with one attached hydrogen (secondary N) is 1. The van der Waals surface area contributed by atoms with Crippen molar-refractivity contribution in [2.45, 2.75) is 39.2 Å². The molecular formula is C25H35FN4O4S. The van der Waals surface area contributed by atoms with Crippen molar-refractivity contribution < 1.29 is 22.4 Å². The van der Waals surface area contributed by atoms with Gasteiger partial charge < -0.3 is 10.2 Å². The van der Waals surface area contributed by atoms with Gasteiger partial charge in [0.1, 0.15) is 18.4 Å². The van der Waals surface area contributed by atoms with Crippen LogP contribution in [0.3, 0.4) is 0 Å². The number of carbonyl (C=O) groups excluding carboxylic acids is 2. The summed E-state index contributed by atoms with van der Waals surface area (Å²) in [5.74, 6) is -1.66. The maximum Gasteiger partial charge on any atom is 0.304 e. The van der Waals surface area contributed by atoms with Crippen LogP contribution in [-0.4, -0.2) is 69.2 Å². The molecule has 0 radical (unpaired) electrons. The maximum absolute atomic E-state index is 14.6. The van der Waals surface area contributed by atoms with Crippen molar-refractivity contribution in [3.8, 4) is 0 Å². The highest BCUT2D eigenvalue weighted by molar-refractivity contribution is 7.90. The van der Waals surface area contributed by atoms with Crippen LogP contribution in [0.15, 0.2) is 54.6 Å². The van der Waals surface area contributed by atoms with Crippen LogP contribution in [0, 0.1) is 5.82 Å². The number of benzene rings is 2. The van der Waals surface area contributed by atoms with E-state index in [0.29, 0.717) is 19.4 Å². The van der Waals surface area contributed by atoms with Crippen molar-refractivity contribution in [3.05, 3.63) is 66.0 Å². The van der Waals surface area contributed by atoms with Gasteiger partial charge in [-0.05, 0) is 37.0 Å². The van der Waals surface area contributed by atoms with Crippen molar-refractivity contribution >= 4 is 27.7 Å². The number of nitrogens with zero attached hydrogens (tertiary/aromatic N) is 3. The summed E-state index contributed by atoms with van der Waals surface area (Å²) in [6.45, 7) is 3.75. The van der Waals surface area contributed by atoms with Gasteiger partial charge in [-0.15, -0.1) is 0 Å². The minimum absolute atomic E-state index is 0.202. The van der Waals surface area contributed by atoms with Crippen LogP contribution in [-0.2, 0) is 26.2 Å². The summed E-state index contributed by atoms with van der Waals surface area (Å²) in [6.07, 6.45) is 1.56. The van der Waals surface area contributed by atoms with E-state index in [4.69, 9.17) is 0 Å². The molecule has 0 bridgehead atoms. The molecule has 35 heavy (non-hydrogen) atoms. The second-order valence-corrected chi connectivity index (χ2v) is 10.4. The van der Waals surface area contributed by atoms with Gasteiger partial charge in [0.25, 0.3) is 0 Å². The normalized spacial score (nSPS) is 12.3. The molecule has 0 aliphatic carbocycles. The predicted molar refractivity (Wildman–Crippen MR) is 136 cm³/mol. The maximum atomic E-state index is 14.6. The molecule has 2 aromatic rings. The van der Waals surface area contributed by atoms with Gasteiger partial charge in [-0.3, -0.25) is 9.59 Å². The lowest BCUT2D eigenvalue weighted by molar-refractivity contribution is -0.139. The summed E-state index contributed by atoms with van der Waals surface area (Å²) < 4.78 is 42.4. The standard InChI is InChI=1S/C25H35FN4O4S/c1-5-17-27-25(32)22(6-2)29(18-16-20-12-8-7-9-13-20)24(31)19-30(35(33,34)28(3)4)23-15-11-10-14-21(23)26/h7-15,22H,5-6,16-19H2,1-4H3,(H,27,32). The summed E-state index contributed by atoms with van der Waals surface area (Å²) in [5, 5.41) is 2.83. The highest BCUT2D eigenvalue weighted by Crippen LogP contribution is 2.23. The van der Waals surface area contributed by atoms with Crippen LogP contribution in [0.4, 0.5) is 10.1 Å². The van der Waals surface area contributed by atoms with E-state index in [9.17, 15) is 22.4 Å². The number of carbonyl (C=O) groups is 2. The van der Waals surface area contributed by atoms with E-state index in [1.54, 1.807) is 6.92 Å². The molecule has 1 atom stereocenters. The van der Waals surface area contributed by atoms with Crippen molar-refractivity contribution in [2.24, 2.45) is 0 Å². The number of halogens is 1. The van der Waals surface area contributed by atoms with Crippen molar-refractivity contribution in [1.82, 2.24) is 14.5 Å². The number of anilines is 1. The van der Waals surface area contributed by atoms with E-state index < -0.39 is 34.5 Å². The minimum atomic E-state index is -4.20. The fourth-order valence-corrected chi connectivity index (χ4v) is 4.68. The third-order valence-electron chi connectivity index (χ3n) is 5.56. The molecule has 192 valence electrons. The van der Waals surface area contributed by atoms with Crippen LogP contribution >= 0.6 is 0 Å². The number of hydrogen-bond donors (Lipinski definition) is 1. The highest BCUT2D eigenvalue weighted by atomic mass is 32.2. The number of para-hydroxylation sites is 1. The first-order valence-corrected chi connectivity index (χ1v) is 13.1. The lowest BCUT2D eigenvalue weighted by Gasteiger charge is -2.34. The summed E-state index contributed by atoms with van der Waals surface area (Å²) in [6, 6.07) is 14.1. The monoisotopic (exact) mass is 506 g/mol. The fourth-order valence-electron chi connectivity index (χ4n) is 3.62. The Hall–Kier alpha value is -2.98. The summed E-state index contributed by atoms with van der Waals surface area (Å²) in [7, 11) is -1.57. The average molecular weight is 507 g/mol. The Balaban J connectivity index is 2.42. The highest BCUT2D eigenvalue weighted by Gasteiger charge is 2.34. The minimum Gasteiger partial charge on any atom is -0.354 e. The van der Waals surface area contributed by atoms with Gasteiger partial charge in [-0.2, -0.15) is 12.7 Å². The van der Waals surface area contributed by atoms with Crippen molar-refractivity contribution in [1.29, 1.82) is 0 Å². The van der Waals surface area contributed by atoms with Gasteiger partial charge in [0, 0.05) is 27.2 Å². The van der Waals surface area contributed by atoms with Gasteiger partial charge in [-0.1, -0.05) is 56.3 Å². The summed E-state index contributed by atoms with van der Waals surface area (Å²) in [4.78, 5) is 27.9. The summed E-state index contributed by atoms with van der Waals surface area (Å²) >= 11 is 0. The van der Waals surface area contributed by atoms with Gasteiger partial charge in [0.15, 0.2) is 0 Å². The molecule has 2 aromatic carbocycles. The first-order valence-electron chi connectivity index (χ1n) is 11.7. The van der Waals surface area contributed by atoms with Crippen LogP contribution in [0.2, 0.25) is 0 Å². The molecule has 0 fully saturated rings. The Labute approximate surface area is 207 Å². The molecule has 1 unspecified atom stereocenters. The Morgan fingerprint density at radius 3 is 2.20 bits per heavy atom. The van der Waals surface area contributed by atoms with E-state index in [2.05, 4.69) is 5.32 Å². The van der Waals surface area contributed by atoms with E-state index >= 15 is 0 Å². The topological polar surface area (TPSA) is 90.0 Å². The lowest BCUT2D eigenvalue weighted by Crippen LogP contribution is -2.54. The number of amides is 2. The molecule has 2 rings (SSSR count). The van der Waals surface area contributed by atoms with Gasteiger partial charge in [0.2, 0.25) is 11.8 Å². The molecule has 1 N–H and O–H groups in total. The van der Waals surface area contributed by atoms with E-state index in [1.807, 2.05) is 37.3 Å². The first kappa shape index (κ1) is 28.3. The van der Waals surface area contributed by atoms with Gasteiger partial charge in [0.05, 0.1) is 5.69 Å². The Bertz CT molecular complexity index is 1080. The number of hydrogen-bond acceptors (Lipinski definition) is 4. The number of rotatable bonds is 13. The second kappa shape index (κ2) is 13.2. The van der Waals surface area contributed by atoms with E-state index in [1.165, 1.54) is 37.2 Å². The van der Waals surface area contributed by atoms with Crippen LogP contribution in [0.5, 0.6) is 0 Å². The first-order chi connectivity index (χ1) is 16.6. The molecule has 0 spiro atoms. The molecule has 0 saturated carbocycles. The molecule has 0 heterocycles. The van der Waals surface area contributed by atoms with Gasteiger partial charge >= 0.3 is 10.2 Å². The van der Waals surface area contributed by atoms with Crippen molar-refractivity contribution in [3.63, 3.8) is 0 Å². The predicted octanol–water partition coefficient (Wildman–Crippen LogP) is 2.81. The van der Waals surface area contributed by atoms with Crippen LogP contribution in [0.25, 0.3) is 0 Å². The third-order valence-corrected chi connectivity index (χ3v) is 7.37. The molecule has 0 aromatic heterocycles. The van der Waals surface area contributed by atoms with Crippen LogP contribution < -0.4 is 9.62 Å². The molecule has 0 aliphatic rings. The Morgan fingerprint density at radius 1 is 1.00 bits per heavy atom. The fraction of sp³-hybridized carbons (Fsp3) is 0.440. The average Bonchev–Trinajstić information content (AvgIpc) is 2.84. The Kier molecular flexibility index (Phi) is 10.7. The largest absolute Gasteiger partial charge is 0.354 e. The molecule has 0 saturated heterocycles. The van der Waals surface area contributed by atoms with E-state index in [-0.39, 0.29) is 18.1 Å². The van der Waals surface area contributed by atoms with Crippen LogP contribution in [0.1, 0.15) is 32.3 Å². The second-order valence-electron chi connectivity index (χ2n) is 8.29. The zero-order chi connectivity index (χ0) is 26.0. The Morgan fingerprint density at radius 2 is 1.63 bits per heavy atom. The smallest absolute Gasteiger partial charge is 0.304 e. The molecule has 2 amide bonds. The molecular weight excluding hydrogens is 471 g/mol. The zero-order valence-corrected chi connectivity index (χ0v) is 21.6. The SMILES string of the molecule is CCCNC(=O)C(CC)N(CCc1ccccc1)C(=O)CN(c1ccccc1F)S(=O)(=O)N(C)C. The zero-order valence-electron chi connectivity index (χ0n) is 20.8. The lowest BCUT2D eigenvalue weighted by atomic mass is 10.1. The molecule has 10 heteroatoms. The third kappa shape index (κ3) is 7.50.